The quantitative estimate of drug-likeness (QED) is 0.711. The van der Waals surface area contributed by atoms with Gasteiger partial charge >= 0.3 is 5.97 Å². The minimum Gasteiger partial charge on any atom is -0.481 e. The van der Waals surface area contributed by atoms with Crippen molar-refractivity contribution in [2.24, 2.45) is 5.92 Å². The summed E-state index contributed by atoms with van der Waals surface area (Å²) in [5, 5.41) is 11.8. The topological polar surface area (TPSA) is 66.4 Å². The van der Waals surface area contributed by atoms with Crippen LogP contribution in [-0.4, -0.2) is 34.5 Å². The molecule has 0 aliphatic carbocycles. The summed E-state index contributed by atoms with van der Waals surface area (Å²) in [4.78, 5) is 21.9. The lowest BCUT2D eigenvalue weighted by atomic mass is 10.1. The van der Waals surface area contributed by atoms with Crippen molar-refractivity contribution >= 4 is 23.6 Å². The average Bonchev–Trinajstić information content (AvgIpc) is 2.26. The summed E-state index contributed by atoms with van der Waals surface area (Å²) >= 11 is 1.86. The van der Waals surface area contributed by atoms with E-state index in [-0.39, 0.29) is 5.91 Å². The Morgan fingerprint density at radius 2 is 2.27 bits per heavy atom. The molecule has 2 atom stereocenters. The van der Waals surface area contributed by atoms with Crippen LogP contribution in [0.4, 0.5) is 0 Å². The van der Waals surface area contributed by atoms with Gasteiger partial charge in [-0.2, -0.15) is 11.8 Å². The molecule has 2 unspecified atom stereocenters. The number of nitrogens with one attached hydrogen (secondary N) is 1. The maximum Gasteiger partial charge on any atom is 0.315 e. The van der Waals surface area contributed by atoms with Crippen LogP contribution in [0.25, 0.3) is 0 Å². The Hall–Kier alpha value is -0.710. The number of aliphatic carboxylic acids is 1. The fourth-order valence-electron chi connectivity index (χ4n) is 1.45. The highest BCUT2D eigenvalue weighted by atomic mass is 32.2. The zero-order valence-corrected chi connectivity index (χ0v) is 9.68. The van der Waals surface area contributed by atoms with Crippen LogP contribution < -0.4 is 5.32 Å². The largest absolute Gasteiger partial charge is 0.481 e. The third-order valence-electron chi connectivity index (χ3n) is 2.54. The van der Waals surface area contributed by atoms with Crippen LogP contribution >= 0.6 is 11.8 Å². The molecule has 2 N–H and O–H groups in total. The van der Waals surface area contributed by atoms with E-state index in [9.17, 15) is 9.59 Å². The second kappa shape index (κ2) is 6.00. The Morgan fingerprint density at radius 3 is 2.80 bits per heavy atom. The number of hydrogen-bond acceptors (Lipinski definition) is 3. The lowest BCUT2D eigenvalue weighted by Crippen LogP contribution is -2.37. The summed E-state index contributed by atoms with van der Waals surface area (Å²) in [5.74, 6) is -1.24. The highest BCUT2D eigenvalue weighted by Crippen LogP contribution is 2.24. The molecule has 0 bridgehead atoms. The van der Waals surface area contributed by atoms with Crippen molar-refractivity contribution in [3.63, 3.8) is 0 Å². The molecule has 15 heavy (non-hydrogen) atoms. The standard InChI is InChI=1S/C10H17NO3S/c1-7(10(13)14)9(12)11-6-8-4-2-3-5-15-8/h7-8H,2-6H2,1H3,(H,11,12)(H,13,14). The molecule has 0 saturated carbocycles. The molecule has 1 amide bonds. The van der Waals surface area contributed by atoms with E-state index in [0.29, 0.717) is 11.8 Å². The number of hydrogen-bond donors (Lipinski definition) is 2. The third kappa shape index (κ3) is 4.11. The Balaban J connectivity index is 2.23. The van der Waals surface area contributed by atoms with E-state index in [2.05, 4.69) is 5.32 Å². The number of amides is 1. The predicted octanol–water partition coefficient (Wildman–Crippen LogP) is 1.11. The third-order valence-corrected chi connectivity index (χ3v) is 3.94. The molecular weight excluding hydrogens is 214 g/mol. The van der Waals surface area contributed by atoms with Crippen molar-refractivity contribution in [1.29, 1.82) is 0 Å². The van der Waals surface area contributed by atoms with E-state index in [1.54, 1.807) is 0 Å². The molecule has 0 spiro atoms. The SMILES string of the molecule is CC(C(=O)O)C(=O)NCC1CCCCS1. The van der Waals surface area contributed by atoms with Gasteiger partial charge in [0.2, 0.25) is 5.91 Å². The first-order valence-corrected chi connectivity index (χ1v) is 6.28. The average molecular weight is 231 g/mol. The second-order valence-corrected chi connectivity index (χ2v) is 5.20. The Morgan fingerprint density at radius 1 is 1.53 bits per heavy atom. The fourth-order valence-corrected chi connectivity index (χ4v) is 2.69. The van der Waals surface area contributed by atoms with Crippen LogP contribution in [0.2, 0.25) is 0 Å². The maximum atomic E-state index is 11.3. The molecule has 1 heterocycles. The van der Waals surface area contributed by atoms with Gasteiger partial charge in [-0.1, -0.05) is 6.42 Å². The van der Waals surface area contributed by atoms with Crippen LogP contribution in [-0.2, 0) is 9.59 Å². The summed E-state index contributed by atoms with van der Waals surface area (Å²) in [5.41, 5.74) is 0. The monoisotopic (exact) mass is 231 g/mol. The first-order valence-electron chi connectivity index (χ1n) is 5.23. The van der Waals surface area contributed by atoms with Crippen LogP contribution in [0.3, 0.4) is 0 Å². The number of carbonyl (C=O) groups is 2. The van der Waals surface area contributed by atoms with E-state index in [1.165, 1.54) is 19.8 Å². The Kier molecular flexibility index (Phi) is 4.94. The molecule has 0 aromatic heterocycles. The lowest BCUT2D eigenvalue weighted by molar-refractivity contribution is -0.146. The van der Waals surface area contributed by atoms with Gasteiger partial charge in [-0.3, -0.25) is 9.59 Å². The van der Waals surface area contributed by atoms with E-state index in [0.717, 1.165) is 12.2 Å². The van der Waals surface area contributed by atoms with Gasteiger partial charge in [0.25, 0.3) is 0 Å². The summed E-state index contributed by atoms with van der Waals surface area (Å²) in [6, 6.07) is 0. The van der Waals surface area contributed by atoms with Crippen LogP contribution in [0.15, 0.2) is 0 Å². The van der Waals surface area contributed by atoms with Crippen molar-refractivity contribution < 1.29 is 14.7 Å². The molecule has 4 nitrogen and oxygen atoms in total. The summed E-state index contributed by atoms with van der Waals surface area (Å²) in [7, 11) is 0. The number of rotatable bonds is 4. The van der Waals surface area contributed by atoms with Crippen molar-refractivity contribution in [3.8, 4) is 0 Å². The molecule has 1 fully saturated rings. The molecule has 0 radical (unpaired) electrons. The molecular formula is C10H17NO3S. The zero-order chi connectivity index (χ0) is 11.3. The van der Waals surface area contributed by atoms with Crippen LogP contribution in [0.1, 0.15) is 26.2 Å². The normalized spacial score (nSPS) is 23.1. The van der Waals surface area contributed by atoms with E-state index in [1.807, 2.05) is 11.8 Å². The summed E-state index contributed by atoms with van der Waals surface area (Å²) in [6.45, 7) is 2.01. The van der Waals surface area contributed by atoms with Gasteiger partial charge in [-0.25, -0.2) is 0 Å². The second-order valence-electron chi connectivity index (χ2n) is 3.79. The molecule has 1 saturated heterocycles. The molecule has 86 valence electrons. The number of carboxylic acid groups (broad SMARTS) is 1. The number of thioether (sulfide) groups is 1. The molecule has 5 heteroatoms. The van der Waals surface area contributed by atoms with E-state index >= 15 is 0 Å². The first kappa shape index (κ1) is 12.4. The summed E-state index contributed by atoms with van der Waals surface area (Å²) < 4.78 is 0. The molecule has 1 aliphatic rings. The van der Waals surface area contributed by atoms with Crippen molar-refractivity contribution in [2.75, 3.05) is 12.3 Å². The molecule has 0 aromatic rings. The van der Waals surface area contributed by atoms with Crippen molar-refractivity contribution in [3.05, 3.63) is 0 Å². The zero-order valence-electron chi connectivity index (χ0n) is 8.86. The lowest BCUT2D eigenvalue weighted by Gasteiger charge is -2.21. The molecule has 1 rings (SSSR count). The minimum atomic E-state index is -1.07. The van der Waals surface area contributed by atoms with Crippen LogP contribution in [0.5, 0.6) is 0 Å². The summed E-state index contributed by atoms with van der Waals surface area (Å²) in [6.07, 6.45) is 3.58. The molecule has 1 aliphatic heterocycles. The fraction of sp³-hybridized carbons (Fsp3) is 0.800. The van der Waals surface area contributed by atoms with Gasteiger partial charge in [0.1, 0.15) is 5.92 Å². The highest BCUT2D eigenvalue weighted by molar-refractivity contribution is 7.99. The van der Waals surface area contributed by atoms with Gasteiger partial charge in [-0.05, 0) is 25.5 Å². The van der Waals surface area contributed by atoms with Gasteiger partial charge in [0.15, 0.2) is 0 Å². The van der Waals surface area contributed by atoms with Crippen LogP contribution in [0, 0.1) is 5.92 Å². The Bertz CT molecular complexity index is 239. The number of carboxylic acids is 1. The molecule has 0 aromatic carbocycles. The van der Waals surface area contributed by atoms with Gasteiger partial charge in [0.05, 0.1) is 0 Å². The highest BCUT2D eigenvalue weighted by Gasteiger charge is 2.21. The minimum absolute atomic E-state index is 0.381. The van der Waals surface area contributed by atoms with E-state index < -0.39 is 11.9 Å². The predicted molar refractivity (Wildman–Crippen MR) is 59.9 cm³/mol. The first-order chi connectivity index (χ1) is 7.11. The number of carbonyl (C=O) groups excluding carboxylic acids is 1. The van der Waals surface area contributed by atoms with Gasteiger partial charge < -0.3 is 10.4 Å². The van der Waals surface area contributed by atoms with Gasteiger partial charge in [-0.15, -0.1) is 0 Å². The van der Waals surface area contributed by atoms with E-state index in [4.69, 9.17) is 5.11 Å². The smallest absolute Gasteiger partial charge is 0.315 e. The van der Waals surface area contributed by atoms with Crippen molar-refractivity contribution in [2.45, 2.75) is 31.4 Å². The Labute approximate surface area is 93.8 Å². The van der Waals surface area contributed by atoms with Gasteiger partial charge in [0, 0.05) is 11.8 Å². The maximum absolute atomic E-state index is 11.3. The van der Waals surface area contributed by atoms with Crippen molar-refractivity contribution in [1.82, 2.24) is 5.32 Å².